The van der Waals surface area contributed by atoms with E-state index in [1.165, 1.54) is 0 Å². The molecule has 1 N–H and O–H groups in total. The van der Waals surface area contributed by atoms with E-state index in [1.807, 2.05) is 31.6 Å². The number of hydrogen-bond acceptors (Lipinski definition) is 5. The topological polar surface area (TPSA) is 76.8 Å². The van der Waals surface area contributed by atoms with Gasteiger partial charge in [0.15, 0.2) is 5.96 Å². The summed E-state index contributed by atoms with van der Waals surface area (Å²) in [4.78, 5) is 11.2. The minimum atomic E-state index is 0. The fourth-order valence-corrected chi connectivity index (χ4v) is 2.90. The summed E-state index contributed by atoms with van der Waals surface area (Å²) in [5, 5.41) is 7.63. The maximum absolute atomic E-state index is 5.93. The molecule has 0 amide bonds. The number of aryl methyl sites for hydroxylation is 1. The number of nitrogens with one attached hydrogen (secondary N) is 1. The fraction of sp³-hybridized carbons (Fsp3) is 0.500. The summed E-state index contributed by atoms with van der Waals surface area (Å²) >= 11 is 0. The maximum Gasteiger partial charge on any atom is 0.213 e. The SMILES string of the molecule is CCNC(=NCc1ccnc(OC)c1)N1CCOC(c2cnn(C)c2)C1.I. The van der Waals surface area contributed by atoms with Crippen molar-refractivity contribution in [2.75, 3.05) is 33.4 Å². The lowest BCUT2D eigenvalue weighted by Crippen LogP contribution is -2.48. The van der Waals surface area contributed by atoms with Crippen molar-refractivity contribution in [3.63, 3.8) is 0 Å². The molecule has 8 nitrogen and oxygen atoms in total. The summed E-state index contributed by atoms with van der Waals surface area (Å²) in [6.45, 7) is 5.67. The lowest BCUT2D eigenvalue weighted by Gasteiger charge is -2.34. The second-order valence-electron chi connectivity index (χ2n) is 6.13. The number of aliphatic imine (C=N–C) groups is 1. The first-order valence-corrected chi connectivity index (χ1v) is 8.82. The lowest BCUT2D eigenvalue weighted by atomic mass is 10.1. The molecular weight excluding hydrogens is 459 g/mol. The summed E-state index contributed by atoms with van der Waals surface area (Å²) in [5.74, 6) is 1.49. The molecule has 0 radical (unpaired) electrons. The molecule has 3 rings (SSSR count). The van der Waals surface area contributed by atoms with E-state index in [2.05, 4.69) is 27.2 Å². The van der Waals surface area contributed by atoms with Gasteiger partial charge in [-0.15, -0.1) is 24.0 Å². The normalized spacial score (nSPS) is 17.4. The Morgan fingerprint density at radius 2 is 2.33 bits per heavy atom. The van der Waals surface area contributed by atoms with Crippen molar-refractivity contribution >= 4 is 29.9 Å². The van der Waals surface area contributed by atoms with Gasteiger partial charge in [-0.2, -0.15) is 5.10 Å². The number of rotatable bonds is 5. The van der Waals surface area contributed by atoms with Gasteiger partial charge >= 0.3 is 0 Å². The number of hydrogen-bond donors (Lipinski definition) is 1. The Balaban J connectivity index is 0.00000261. The molecule has 0 aromatic carbocycles. The van der Waals surface area contributed by atoms with E-state index < -0.39 is 0 Å². The second-order valence-corrected chi connectivity index (χ2v) is 6.13. The lowest BCUT2D eigenvalue weighted by molar-refractivity contribution is -0.00805. The molecule has 1 atom stereocenters. The van der Waals surface area contributed by atoms with Crippen LogP contribution in [0, 0.1) is 0 Å². The number of aromatic nitrogens is 3. The first-order chi connectivity index (χ1) is 12.7. The van der Waals surface area contributed by atoms with Crippen LogP contribution in [0.15, 0.2) is 35.7 Å². The molecule has 1 unspecified atom stereocenters. The highest BCUT2D eigenvalue weighted by atomic mass is 127. The monoisotopic (exact) mass is 486 g/mol. The van der Waals surface area contributed by atoms with Crippen LogP contribution in [0.2, 0.25) is 0 Å². The summed E-state index contributed by atoms with van der Waals surface area (Å²) in [6, 6.07) is 3.86. The Bertz CT molecular complexity index is 751. The van der Waals surface area contributed by atoms with E-state index in [4.69, 9.17) is 14.5 Å². The molecule has 2 aromatic rings. The zero-order valence-electron chi connectivity index (χ0n) is 16.0. The zero-order valence-corrected chi connectivity index (χ0v) is 18.3. The number of ether oxygens (including phenoxy) is 2. The van der Waals surface area contributed by atoms with E-state index >= 15 is 0 Å². The van der Waals surface area contributed by atoms with Crippen LogP contribution < -0.4 is 10.1 Å². The number of guanidine groups is 1. The molecular formula is C18H27IN6O2. The number of pyridine rings is 1. The first-order valence-electron chi connectivity index (χ1n) is 8.82. The fourth-order valence-electron chi connectivity index (χ4n) is 2.90. The highest BCUT2D eigenvalue weighted by Gasteiger charge is 2.25. The molecule has 9 heteroatoms. The van der Waals surface area contributed by atoms with E-state index in [9.17, 15) is 0 Å². The molecule has 1 aliphatic rings. The highest BCUT2D eigenvalue weighted by Crippen LogP contribution is 2.21. The van der Waals surface area contributed by atoms with Crippen LogP contribution in [0.3, 0.4) is 0 Å². The van der Waals surface area contributed by atoms with Gasteiger partial charge in [-0.1, -0.05) is 0 Å². The van der Waals surface area contributed by atoms with Crippen LogP contribution in [0.25, 0.3) is 0 Å². The Morgan fingerprint density at radius 1 is 1.48 bits per heavy atom. The molecule has 0 aliphatic carbocycles. The molecule has 0 bridgehead atoms. The van der Waals surface area contributed by atoms with E-state index in [-0.39, 0.29) is 30.1 Å². The van der Waals surface area contributed by atoms with Crippen molar-refractivity contribution in [1.29, 1.82) is 0 Å². The standard InChI is InChI=1S/C18H26N6O2.HI/c1-4-19-18(21-10-14-5-6-20-17(9-14)25-3)24-7-8-26-16(13-24)15-11-22-23(2)12-15;/h5-6,9,11-12,16H,4,7-8,10,13H2,1-3H3,(H,19,21);1H. The molecule has 3 heterocycles. The predicted molar refractivity (Wildman–Crippen MR) is 114 cm³/mol. The number of nitrogens with zero attached hydrogens (tertiary/aromatic N) is 5. The van der Waals surface area contributed by atoms with Crippen LogP contribution in [-0.2, 0) is 18.3 Å². The Kier molecular flexibility index (Phi) is 8.29. The zero-order chi connectivity index (χ0) is 18.4. The van der Waals surface area contributed by atoms with Crippen molar-refractivity contribution < 1.29 is 9.47 Å². The third-order valence-electron chi connectivity index (χ3n) is 4.22. The van der Waals surface area contributed by atoms with Crippen molar-refractivity contribution in [3.8, 4) is 5.88 Å². The molecule has 1 fully saturated rings. The average molecular weight is 486 g/mol. The summed E-state index contributed by atoms with van der Waals surface area (Å²) in [5.41, 5.74) is 2.15. The largest absolute Gasteiger partial charge is 0.481 e. The van der Waals surface area contributed by atoms with Gasteiger partial charge in [-0.3, -0.25) is 4.68 Å². The van der Waals surface area contributed by atoms with E-state index in [0.717, 1.165) is 36.7 Å². The Morgan fingerprint density at radius 3 is 3.04 bits per heavy atom. The third kappa shape index (κ3) is 5.80. The average Bonchev–Trinajstić information content (AvgIpc) is 3.12. The van der Waals surface area contributed by atoms with Crippen molar-refractivity contribution in [1.82, 2.24) is 25.0 Å². The summed E-state index contributed by atoms with van der Waals surface area (Å²) in [7, 11) is 3.53. The van der Waals surface area contributed by atoms with Gasteiger partial charge in [0.05, 0.1) is 33.0 Å². The minimum Gasteiger partial charge on any atom is -0.481 e. The van der Waals surface area contributed by atoms with Gasteiger partial charge in [0.25, 0.3) is 0 Å². The van der Waals surface area contributed by atoms with Gasteiger partial charge in [-0.05, 0) is 18.6 Å². The van der Waals surface area contributed by atoms with Crippen LogP contribution in [-0.4, -0.2) is 59.0 Å². The molecule has 1 saturated heterocycles. The van der Waals surface area contributed by atoms with Crippen molar-refractivity contribution in [2.45, 2.75) is 19.6 Å². The van der Waals surface area contributed by atoms with Crippen LogP contribution in [0.1, 0.15) is 24.2 Å². The van der Waals surface area contributed by atoms with Gasteiger partial charge < -0.3 is 19.7 Å². The molecule has 148 valence electrons. The molecule has 0 saturated carbocycles. The number of halogens is 1. The molecule has 2 aromatic heterocycles. The van der Waals surface area contributed by atoms with Crippen molar-refractivity contribution in [3.05, 3.63) is 41.9 Å². The van der Waals surface area contributed by atoms with Crippen LogP contribution >= 0.6 is 24.0 Å². The first kappa shape index (κ1) is 21.4. The third-order valence-corrected chi connectivity index (χ3v) is 4.22. The summed E-state index contributed by atoms with van der Waals surface area (Å²) < 4.78 is 12.9. The van der Waals surface area contributed by atoms with Gasteiger partial charge in [-0.25, -0.2) is 9.98 Å². The quantitative estimate of drug-likeness (QED) is 0.396. The summed E-state index contributed by atoms with van der Waals surface area (Å²) in [6.07, 6.45) is 5.61. The van der Waals surface area contributed by atoms with Crippen LogP contribution in [0.4, 0.5) is 0 Å². The second kappa shape index (κ2) is 10.5. The van der Waals surface area contributed by atoms with E-state index in [1.54, 1.807) is 18.0 Å². The van der Waals surface area contributed by atoms with Gasteiger partial charge in [0, 0.05) is 44.2 Å². The smallest absolute Gasteiger partial charge is 0.213 e. The number of methoxy groups -OCH3 is 1. The number of morpholine rings is 1. The van der Waals surface area contributed by atoms with Gasteiger partial charge in [0.2, 0.25) is 5.88 Å². The van der Waals surface area contributed by atoms with Gasteiger partial charge in [0.1, 0.15) is 6.10 Å². The maximum atomic E-state index is 5.93. The van der Waals surface area contributed by atoms with Crippen molar-refractivity contribution in [2.24, 2.45) is 12.0 Å². The predicted octanol–water partition coefficient (Wildman–Crippen LogP) is 1.98. The molecule has 27 heavy (non-hydrogen) atoms. The Hall–Kier alpha value is -1.88. The Labute approximate surface area is 177 Å². The van der Waals surface area contributed by atoms with Crippen LogP contribution in [0.5, 0.6) is 5.88 Å². The minimum absolute atomic E-state index is 0. The van der Waals surface area contributed by atoms with E-state index in [0.29, 0.717) is 19.0 Å². The highest BCUT2D eigenvalue weighted by molar-refractivity contribution is 14.0. The molecule has 0 spiro atoms. The molecule has 1 aliphatic heterocycles.